The first-order chi connectivity index (χ1) is 11.4. The Morgan fingerprint density at radius 1 is 0.958 bits per heavy atom. The third kappa shape index (κ3) is 3.76. The molecule has 1 saturated heterocycles. The van der Waals surface area contributed by atoms with E-state index >= 15 is 0 Å². The first-order valence-corrected chi connectivity index (χ1v) is 9.79. The summed E-state index contributed by atoms with van der Waals surface area (Å²) >= 11 is 0. The van der Waals surface area contributed by atoms with Gasteiger partial charge in [-0.25, -0.2) is 8.42 Å². The summed E-state index contributed by atoms with van der Waals surface area (Å²) in [5.41, 5.74) is 2.31. The summed E-state index contributed by atoms with van der Waals surface area (Å²) in [5, 5.41) is 2.83. The maximum absolute atomic E-state index is 12.2. The fraction of sp³-hybridized carbons (Fsp3) is 0.278. The molecule has 1 aliphatic heterocycles. The number of hydrogen-bond acceptors (Lipinski definition) is 4. The maximum atomic E-state index is 12.2. The number of sulfone groups is 1. The van der Waals surface area contributed by atoms with Gasteiger partial charge in [-0.3, -0.25) is 4.79 Å². The zero-order valence-corrected chi connectivity index (χ0v) is 14.3. The predicted octanol–water partition coefficient (Wildman–Crippen LogP) is 2.94. The Morgan fingerprint density at radius 3 is 2.08 bits per heavy atom. The lowest BCUT2D eigenvalue weighted by Crippen LogP contribution is -2.17. The molecule has 2 aromatic rings. The van der Waals surface area contributed by atoms with Crippen LogP contribution in [0.1, 0.15) is 23.2 Å². The van der Waals surface area contributed by atoms with E-state index in [-0.39, 0.29) is 10.8 Å². The molecule has 1 amide bonds. The van der Waals surface area contributed by atoms with Crippen molar-refractivity contribution < 1.29 is 13.2 Å². The molecule has 5 nitrogen and oxygen atoms in total. The molecule has 0 radical (unpaired) electrons. The van der Waals surface area contributed by atoms with Gasteiger partial charge in [0.15, 0.2) is 9.84 Å². The molecule has 6 heteroatoms. The van der Waals surface area contributed by atoms with Crippen LogP contribution in [0.25, 0.3) is 0 Å². The van der Waals surface area contributed by atoms with E-state index in [4.69, 9.17) is 0 Å². The summed E-state index contributed by atoms with van der Waals surface area (Å²) in [5.74, 6) is -0.260. The van der Waals surface area contributed by atoms with Gasteiger partial charge in [0.2, 0.25) is 0 Å². The van der Waals surface area contributed by atoms with Crippen molar-refractivity contribution >= 4 is 27.1 Å². The maximum Gasteiger partial charge on any atom is 0.255 e. The van der Waals surface area contributed by atoms with Crippen molar-refractivity contribution in [2.75, 3.05) is 29.6 Å². The Kier molecular flexibility index (Phi) is 4.57. The van der Waals surface area contributed by atoms with Gasteiger partial charge in [-0.05, 0) is 61.4 Å². The number of carbonyl (C=O) groups is 1. The second kappa shape index (κ2) is 6.65. The average Bonchev–Trinajstić information content (AvgIpc) is 3.09. The van der Waals surface area contributed by atoms with Gasteiger partial charge in [0.25, 0.3) is 5.91 Å². The number of hydrogen-bond donors (Lipinski definition) is 1. The summed E-state index contributed by atoms with van der Waals surface area (Å²) in [4.78, 5) is 14.8. The molecule has 2 aromatic carbocycles. The van der Waals surface area contributed by atoms with E-state index in [2.05, 4.69) is 10.2 Å². The standard InChI is InChI=1S/C18H20N2O3S/c1-24(22,23)17-10-4-14(5-11-17)18(21)19-15-6-8-16(9-7-15)20-12-2-3-13-20/h4-11H,2-3,12-13H2,1H3,(H,19,21). The lowest BCUT2D eigenvalue weighted by molar-refractivity contribution is 0.102. The van der Waals surface area contributed by atoms with Crippen molar-refractivity contribution in [3.8, 4) is 0 Å². The molecule has 0 aliphatic carbocycles. The number of anilines is 2. The number of carbonyl (C=O) groups excluding carboxylic acids is 1. The normalized spacial score (nSPS) is 14.6. The SMILES string of the molecule is CS(=O)(=O)c1ccc(C(=O)Nc2ccc(N3CCCC3)cc2)cc1. The zero-order chi connectivity index (χ0) is 17.2. The monoisotopic (exact) mass is 344 g/mol. The van der Waals surface area contributed by atoms with E-state index in [9.17, 15) is 13.2 Å². The van der Waals surface area contributed by atoms with Gasteiger partial charge in [-0.15, -0.1) is 0 Å². The smallest absolute Gasteiger partial charge is 0.255 e. The summed E-state index contributed by atoms with van der Waals surface area (Å²) in [7, 11) is -3.25. The number of nitrogens with one attached hydrogen (secondary N) is 1. The molecule has 0 atom stereocenters. The molecule has 1 N–H and O–H groups in total. The molecule has 0 bridgehead atoms. The van der Waals surface area contributed by atoms with Crippen LogP contribution in [0.3, 0.4) is 0 Å². The fourth-order valence-electron chi connectivity index (χ4n) is 2.79. The number of amides is 1. The molecule has 1 aliphatic rings. The quantitative estimate of drug-likeness (QED) is 0.926. The minimum Gasteiger partial charge on any atom is -0.372 e. The summed E-state index contributed by atoms with van der Waals surface area (Å²) in [6.07, 6.45) is 3.59. The highest BCUT2D eigenvalue weighted by Gasteiger charge is 2.13. The summed E-state index contributed by atoms with van der Waals surface area (Å²) < 4.78 is 22.9. The van der Waals surface area contributed by atoms with Crippen LogP contribution in [0, 0.1) is 0 Å². The highest BCUT2D eigenvalue weighted by atomic mass is 32.2. The van der Waals surface area contributed by atoms with Crippen LogP contribution in [-0.2, 0) is 9.84 Å². The highest BCUT2D eigenvalue weighted by Crippen LogP contribution is 2.22. The second-order valence-corrected chi connectivity index (χ2v) is 8.01. The van der Waals surface area contributed by atoms with Crippen LogP contribution in [0.15, 0.2) is 53.4 Å². The van der Waals surface area contributed by atoms with E-state index in [0.29, 0.717) is 5.56 Å². The molecule has 126 valence electrons. The number of benzene rings is 2. The van der Waals surface area contributed by atoms with Crippen LogP contribution in [0.5, 0.6) is 0 Å². The average molecular weight is 344 g/mol. The minimum atomic E-state index is -3.25. The largest absolute Gasteiger partial charge is 0.372 e. The van der Waals surface area contributed by atoms with Crippen LogP contribution >= 0.6 is 0 Å². The van der Waals surface area contributed by atoms with Crippen molar-refractivity contribution in [3.63, 3.8) is 0 Å². The van der Waals surface area contributed by atoms with E-state index in [0.717, 1.165) is 25.0 Å². The molecule has 0 aromatic heterocycles. The first kappa shape index (κ1) is 16.5. The van der Waals surface area contributed by atoms with Gasteiger partial charge in [0, 0.05) is 36.3 Å². The number of rotatable bonds is 4. The lowest BCUT2D eigenvalue weighted by atomic mass is 10.2. The van der Waals surface area contributed by atoms with Crippen LogP contribution in [0.2, 0.25) is 0 Å². The third-order valence-electron chi connectivity index (χ3n) is 4.14. The molecule has 0 saturated carbocycles. The minimum absolute atomic E-state index is 0.203. The van der Waals surface area contributed by atoms with Crippen LogP contribution in [0.4, 0.5) is 11.4 Å². The molecular formula is C18H20N2O3S. The zero-order valence-electron chi connectivity index (χ0n) is 13.5. The Morgan fingerprint density at radius 2 is 1.54 bits per heavy atom. The van der Waals surface area contributed by atoms with Gasteiger partial charge < -0.3 is 10.2 Å². The summed E-state index contributed by atoms with van der Waals surface area (Å²) in [6.45, 7) is 2.16. The Hall–Kier alpha value is -2.34. The first-order valence-electron chi connectivity index (χ1n) is 7.90. The Bertz CT molecular complexity index is 822. The molecule has 24 heavy (non-hydrogen) atoms. The van der Waals surface area contributed by atoms with E-state index in [1.165, 1.54) is 42.8 Å². The van der Waals surface area contributed by atoms with Gasteiger partial charge >= 0.3 is 0 Å². The van der Waals surface area contributed by atoms with Gasteiger partial charge in [-0.1, -0.05) is 0 Å². The highest BCUT2D eigenvalue weighted by molar-refractivity contribution is 7.90. The topological polar surface area (TPSA) is 66.5 Å². The van der Waals surface area contributed by atoms with Crippen molar-refractivity contribution in [2.24, 2.45) is 0 Å². The summed E-state index contributed by atoms with van der Waals surface area (Å²) in [6, 6.07) is 13.7. The van der Waals surface area contributed by atoms with Crippen molar-refractivity contribution in [3.05, 3.63) is 54.1 Å². The molecule has 0 spiro atoms. The van der Waals surface area contributed by atoms with E-state index < -0.39 is 9.84 Å². The van der Waals surface area contributed by atoms with Gasteiger partial charge in [0.1, 0.15) is 0 Å². The second-order valence-electron chi connectivity index (χ2n) is 5.99. The Balaban J connectivity index is 1.68. The van der Waals surface area contributed by atoms with Gasteiger partial charge in [0.05, 0.1) is 4.90 Å². The fourth-order valence-corrected chi connectivity index (χ4v) is 3.42. The predicted molar refractivity (Wildman–Crippen MR) is 95.4 cm³/mol. The Labute approximate surface area is 142 Å². The molecule has 1 fully saturated rings. The van der Waals surface area contributed by atoms with Crippen molar-refractivity contribution in [2.45, 2.75) is 17.7 Å². The van der Waals surface area contributed by atoms with E-state index in [1.807, 2.05) is 24.3 Å². The van der Waals surface area contributed by atoms with Crippen LogP contribution < -0.4 is 10.2 Å². The lowest BCUT2D eigenvalue weighted by Gasteiger charge is -2.17. The number of nitrogens with zero attached hydrogens (tertiary/aromatic N) is 1. The van der Waals surface area contributed by atoms with E-state index in [1.54, 1.807) is 0 Å². The molecule has 3 rings (SSSR count). The molecule has 1 heterocycles. The van der Waals surface area contributed by atoms with Gasteiger partial charge in [-0.2, -0.15) is 0 Å². The van der Waals surface area contributed by atoms with Crippen molar-refractivity contribution in [1.82, 2.24) is 0 Å². The molecule has 0 unspecified atom stereocenters. The molecular weight excluding hydrogens is 324 g/mol. The van der Waals surface area contributed by atoms with Crippen LogP contribution in [-0.4, -0.2) is 33.7 Å². The van der Waals surface area contributed by atoms with Crippen molar-refractivity contribution in [1.29, 1.82) is 0 Å². The third-order valence-corrected chi connectivity index (χ3v) is 5.27.